The fourth-order valence-electron chi connectivity index (χ4n) is 3.03. The number of carbonyl (C=O) groups is 1. The molecule has 1 heterocycles. The molecule has 0 aliphatic rings. The van der Waals surface area contributed by atoms with E-state index in [-0.39, 0.29) is 23.9 Å². The smallest absolute Gasteiger partial charge is 0.243 e. The molecule has 1 aromatic carbocycles. The van der Waals surface area contributed by atoms with Crippen LogP contribution in [0.5, 0.6) is 0 Å². The summed E-state index contributed by atoms with van der Waals surface area (Å²) in [5.41, 5.74) is 0.914. The van der Waals surface area contributed by atoms with Gasteiger partial charge in [0.1, 0.15) is 5.82 Å². The second kappa shape index (κ2) is 11.9. The maximum Gasteiger partial charge on any atom is 0.243 e. The van der Waals surface area contributed by atoms with Crippen LogP contribution in [0.15, 0.2) is 47.5 Å². The third-order valence-electron chi connectivity index (χ3n) is 4.84. The number of carbonyl (C=O) groups excluding carboxylic acids is 1. The number of methoxy groups -OCH3 is 2. The topological polar surface area (TPSA) is 81.1 Å². The normalized spacial score (nSPS) is 11.8. The highest BCUT2D eigenvalue weighted by molar-refractivity contribution is 7.89. The molecule has 2 aromatic rings. The molecule has 0 bridgehead atoms. The van der Waals surface area contributed by atoms with Crippen LogP contribution in [0.2, 0.25) is 0 Å². The minimum atomic E-state index is -3.99. The summed E-state index contributed by atoms with van der Waals surface area (Å²) < 4.78 is 52.7. The summed E-state index contributed by atoms with van der Waals surface area (Å²) in [7, 11) is 0.956. The van der Waals surface area contributed by atoms with Gasteiger partial charge in [0.25, 0.3) is 0 Å². The summed E-state index contributed by atoms with van der Waals surface area (Å²) >= 11 is 0. The van der Waals surface area contributed by atoms with Gasteiger partial charge in [-0.05, 0) is 42.8 Å². The van der Waals surface area contributed by atoms with Gasteiger partial charge in [0, 0.05) is 52.9 Å². The molecule has 0 spiro atoms. The molecule has 1 aromatic heterocycles. The van der Waals surface area contributed by atoms with Crippen molar-refractivity contribution in [3.8, 4) is 0 Å². The van der Waals surface area contributed by atoms with Crippen LogP contribution in [0.4, 0.5) is 4.39 Å². The van der Waals surface area contributed by atoms with Gasteiger partial charge in [-0.15, -0.1) is 0 Å². The Morgan fingerprint density at radius 2 is 1.74 bits per heavy atom. The molecule has 0 aliphatic carbocycles. The fraction of sp³-hybridized carbons (Fsp3) is 0.476. The van der Waals surface area contributed by atoms with E-state index in [4.69, 9.17) is 9.47 Å². The van der Waals surface area contributed by atoms with Crippen LogP contribution in [0, 0.1) is 5.82 Å². The van der Waals surface area contributed by atoms with Gasteiger partial charge in [0.05, 0.1) is 24.6 Å². The molecule has 0 saturated heterocycles. The Morgan fingerprint density at radius 3 is 2.32 bits per heavy atom. The molecule has 8 nitrogen and oxygen atoms in total. The van der Waals surface area contributed by atoms with Crippen molar-refractivity contribution in [1.29, 1.82) is 0 Å². The largest absolute Gasteiger partial charge is 0.385 e. The fourth-order valence-corrected chi connectivity index (χ4v) is 4.45. The maximum absolute atomic E-state index is 13.3. The standard InChI is InChI=1S/C21H30FN3O5S/c1-23-11-4-6-19(23)16-24(13-15-30-3)21(26)17-25(12-5-14-29-2)31(27,28)20-9-7-18(22)8-10-20/h4,6-11H,5,12-17H2,1-3H3. The van der Waals surface area contributed by atoms with E-state index >= 15 is 0 Å². The summed E-state index contributed by atoms with van der Waals surface area (Å²) in [6.45, 7) is 1.08. The van der Waals surface area contributed by atoms with E-state index in [2.05, 4.69) is 0 Å². The highest BCUT2D eigenvalue weighted by atomic mass is 32.2. The van der Waals surface area contributed by atoms with Crippen molar-refractivity contribution in [3.05, 3.63) is 54.1 Å². The highest BCUT2D eigenvalue weighted by Gasteiger charge is 2.28. The molecule has 0 aliphatic heterocycles. The third-order valence-corrected chi connectivity index (χ3v) is 6.70. The van der Waals surface area contributed by atoms with Crippen molar-refractivity contribution < 1.29 is 27.1 Å². The zero-order valence-electron chi connectivity index (χ0n) is 18.2. The van der Waals surface area contributed by atoms with Crippen LogP contribution < -0.4 is 0 Å². The van der Waals surface area contributed by atoms with Gasteiger partial charge in [0.15, 0.2) is 0 Å². The number of halogens is 1. The van der Waals surface area contributed by atoms with Crippen LogP contribution >= 0.6 is 0 Å². The monoisotopic (exact) mass is 455 g/mol. The zero-order chi connectivity index (χ0) is 22.9. The Bertz CT molecular complexity index is 931. The van der Waals surface area contributed by atoms with Gasteiger partial charge in [-0.1, -0.05) is 0 Å². The summed E-state index contributed by atoms with van der Waals surface area (Å²) in [5.74, 6) is -0.879. The quantitative estimate of drug-likeness (QED) is 0.431. The first-order chi connectivity index (χ1) is 14.8. The number of hydrogen-bond acceptors (Lipinski definition) is 5. The van der Waals surface area contributed by atoms with Crippen molar-refractivity contribution in [2.75, 3.05) is 47.1 Å². The third kappa shape index (κ3) is 7.13. The van der Waals surface area contributed by atoms with Crippen LogP contribution in [-0.2, 0) is 37.9 Å². The first-order valence-electron chi connectivity index (χ1n) is 9.91. The van der Waals surface area contributed by atoms with Crippen molar-refractivity contribution in [2.24, 2.45) is 7.05 Å². The van der Waals surface area contributed by atoms with E-state index in [9.17, 15) is 17.6 Å². The molecule has 0 atom stereocenters. The number of hydrogen-bond donors (Lipinski definition) is 0. The Hall–Kier alpha value is -2.27. The Labute approximate surface area is 183 Å². The minimum absolute atomic E-state index is 0.0648. The van der Waals surface area contributed by atoms with E-state index in [1.165, 1.54) is 19.2 Å². The number of benzene rings is 1. The number of aromatic nitrogens is 1. The molecule has 0 saturated carbocycles. The molecule has 31 heavy (non-hydrogen) atoms. The van der Waals surface area contributed by atoms with Crippen LogP contribution in [0.3, 0.4) is 0 Å². The van der Waals surface area contributed by atoms with E-state index in [1.54, 1.807) is 12.0 Å². The van der Waals surface area contributed by atoms with Gasteiger partial charge in [0.2, 0.25) is 15.9 Å². The van der Waals surface area contributed by atoms with E-state index < -0.39 is 15.8 Å². The summed E-state index contributed by atoms with van der Waals surface area (Å²) in [4.78, 5) is 14.6. The predicted molar refractivity (Wildman–Crippen MR) is 114 cm³/mol. The van der Waals surface area contributed by atoms with E-state index in [1.807, 2.05) is 29.9 Å². The number of sulfonamides is 1. The van der Waals surface area contributed by atoms with Gasteiger partial charge >= 0.3 is 0 Å². The molecule has 0 N–H and O–H groups in total. The Morgan fingerprint density at radius 1 is 1.06 bits per heavy atom. The Kier molecular flexibility index (Phi) is 9.63. The lowest BCUT2D eigenvalue weighted by Crippen LogP contribution is -2.44. The molecule has 0 fully saturated rings. The summed E-state index contributed by atoms with van der Waals surface area (Å²) in [6, 6.07) is 8.35. The highest BCUT2D eigenvalue weighted by Crippen LogP contribution is 2.17. The van der Waals surface area contributed by atoms with E-state index in [0.717, 1.165) is 22.1 Å². The first-order valence-corrected chi connectivity index (χ1v) is 11.3. The van der Waals surface area contributed by atoms with Gasteiger partial charge in [-0.2, -0.15) is 4.31 Å². The molecule has 2 rings (SSSR count). The number of nitrogens with zero attached hydrogens (tertiary/aromatic N) is 3. The van der Waals surface area contributed by atoms with Crippen LogP contribution in [0.25, 0.3) is 0 Å². The van der Waals surface area contributed by atoms with Crippen molar-refractivity contribution in [3.63, 3.8) is 0 Å². The van der Waals surface area contributed by atoms with E-state index in [0.29, 0.717) is 32.7 Å². The summed E-state index contributed by atoms with van der Waals surface area (Å²) in [6.07, 6.45) is 2.30. The molecule has 10 heteroatoms. The predicted octanol–water partition coefficient (Wildman–Crippen LogP) is 1.87. The molecular weight excluding hydrogens is 425 g/mol. The van der Waals surface area contributed by atoms with Crippen molar-refractivity contribution in [1.82, 2.24) is 13.8 Å². The average molecular weight is 456 g/mol. The number of aryl methyl sites for hydroxylation is 1. The zero-order valence-corrected chi connectivity index (χ0v) is 19.0. The molecule has 172 valence electrons. The second-order valence-electron chi connectivity index (χ2n) is 7.06. The SMILES string of the molecule is COCCCN(CC(=O)N(CCOC)Cc1cccn1C)S(=O)(=O)c1ccc(F)cc1. The molecule has 0 radical (unpaired) electrons. The van der Waals surface area contributed by atoms with Gasteiger partial charge < -0.3 is 18.9 Å². The second-order valence-corrected chi connectivity index (χ2v) is 9.00. The van der Waals surface area contributed by atoms with Crippen LogP contribution in [0.1, 0.15) is 12.1 Å². The molecule has 0 unspecified atom stereocenters. The first kappa shape index (κ1) is 25.0. The molecule has 1 amide bonds. The van der Waals surface area contributed by atoms with Gasteiger partial charge in [-0.25, -0.2) is 12.8 Å². The average Bonchev–Trinajstić information content (AvgIpc) is 3.15. The van der Waals surface area contributed by atoms with Gasteiger partial charge in [-0.3, -0.25) is 4.79 Å². The van der Waals surface area contributed by atoms with Crippen molar-refractivity contribution >= 4 is 15.9 Å². The van der Waals surface area contributed by atoms with Crippen molar-refractivity contribution in [2.45, 2.75) is 17.9 Å². The minimum Gasteiger partial charge on any atom is -0.385 e. The lowest BCUT2D eigenvalue weighted by Gasteiger charge is -2.27. The van der Waals surface area contributed by atoms with Crippen LogP contribution in [-0.4, -0.2) is 75.2 Å². The lowest BCUT2D eigenvalue weighted by molar-refractivity contribution is -0.132. The Balaban J connectivity index is 2.24. The maximum atomic E-state index is 13.3. The number of rotatable bonds is 13. The molecular formula is C21H30FN3O5S. The lowest BCUT2D eigenvalue weighted by atomic mass is 10.3. The summed E-state index contributed by atoms with van der Waals surface area (Å²) in [5, 5.41) is 0. The number of ether oxygens (including phenoxy) is 2. The number of amides is 1.